The van der Waals surface area contributed by atoms with E-state index in [1.807, 2.05) is 0 Å². The maximum absolute atomic E-state index is 13.2. The van der Waals surface area contributed by atoms with Gasteiger partial charge in [0.15, 0.2) is 0 Å². The van der Waals surface area contributed by atoms with Gasteiger partial charge in [-0.15, -0.1) is 11.3 Å². The lowest BCUT2D eigenvalue weighted by Gasteiger charge is -2.04. The van der Waals surface area contributed by atoms with Crippen LogP contribution in [0.5, 0.6) is 0 Å². The predicted octanol–water partition coefficient (Wildman–Crippen LogP) is 2.35. The highest BCUT2D eigenvalue weighted by Gasteiger charge is 2.09. The number of rotatable bonds is 3. The van der Waals surface area contributed by atoms with Crippen molar-refractivity contribution in [1.82, 2.24) is 10.3 Å². The first kappa shape index (κ1) is 11.7. The third-order valence-corrected chi connectivity index (χ3v) is 2.70. The molecule has 0 spiro atoms. The molecule has 3 nitrogen and oxygen atoms in total. The van der Waals surface area contributed by atoms with Gasteiger partial charge in [-0.2, -0.15) is 0 Å². The monoisotopic (exact) mass is 254 g/mol. The molecule has 0 unspecified atom stereocenters. The van der Waals surface area contributed by atoms with Crippen molar-refractivity contribution >= 4 is 17.2 Å². The van der Waals surface area contributed by atoms with Crippen LogP contribution >= 0.6 is 11.3 Å². The summed E-state index contributed by atoms with van der Waals surface area (Å²) in [6, 6.07) is 3.11. The number of thiazole rings is 1. The number of benzene rings is 1. The fraction of sp³-hybridized carbons (Fsp3) is 0.0909. The minimum absolute atomic E-state index is 0.0695. The molecule has 0 aliphatic rings. The maximum atomic E-state index is 13.2. The molecule has 1 N–H and O–H groups in total. The number of hydrogen-bond acceptors (Lipinski definition) is 3. The Balaban J connectivity index is 2.03. The molecule has 1 amide bonds. The van der Waals surface area contributed by atoms with E-state index in [2.05, 4.69) is 10.3 Å². The summed E-state index contributed by atoms with van der Waals surface area (Å²) in [5.74, 6) is -1.50. The molecule has 2 rings (SSSR count). The van der Waals surface area contributed by atoms with Crippen LogP contribution in [-0.2, 0) is 6.54 Å². The van der Waals surface area contributed by atoms with Gasteiger partial charge in [0, 0.05) is 17.5 Å². The second-order valence-electron chi connectivity index (χ2n) is 3.29. The average molecular weight is 254 g/mol. The van der Waals surface area contributed by atoms with E-state index in [0.717, 1.165) is 18.2 Å². The van der Waals surface area contributed by atoms with Crippen LogP contribution in [0.15, 0.2) is 29.1 Å². The van der Waals surface area contributed by atoms with Crippen LogP contribution in [0.1, 0.15) is 16.1 Å². The first-order valence-corrected chi connectivity index (χ1v) is 5.71. The fourth-order valence-corrected chi connectivity index (χ4v) is 1.80. The summed E-state index contributed by atoms with van der Waals surface area (Å²) >= 11 is 1.29. The lowest BCUT2D eigenvalue weighted by Crippen LogP contribution is -2.23. The van der Waals surface area contributed by atoms with E-state index in [0.29, 0.717) is 0 Å². The molecule has 17 heavy (non-hydrogen) atoms. The topological polar surface area (TPSA) is 42.0 Å². The molecule has 0 fully saturated rings. The van der Waals surface area contributed by atoms with E-state index in [4.69, 9.17) is 0 Å². The second kappa shape index (κ2) is 5.01. The molecule has 0 atom stereocenters. The number of halogens is 2. The lowest BCUT2D eigenvalue weighted by molar-refractivity contribution is 0.0946. The zero-order chi connectivity index (χ0) is 12.3. The largest absolute Gasteiger partial charge is 0.346 e. The number of nitrogens with one attached hydrogen (secondary N) is 1. The van der Waals surface area contributed by atoms with Gasteiger partial charge in [0.25, 0.3) is 5.91 Å². The summed E-state index contributed by atoms with van der Waals surface area (Å²) in [5, 5.41) is 4.05. The first-order chi connectivity index (χ1) is 8.16. The van der Waals surface area contributed by atoms with E-state index >= 15 is 0 Å². The van der Waals surface area contributed by atoms with Crippen LogP contribution in [-0.4, -0.2) is 10.9 Å². The quantitative estimate of drug-likeness (QED) is 0.913. The van der Waals surface area contributed by atoms with Gasteiger partial charge in [0.2, 0.25) is 0 Å². The van der Waals surface area contributed by atoms with Crippen LogP contribution in [0, 0.1) is 11.6 Å². The Morgan fingerprint density at radius 2 is 2.24 bits per heavy atom. The molecule has 0 saturated carbocycles. The van der Waals surface area contributed by atoms with Crippen molar-refractivity contribution < 1.29 is 13.6 Å². The summed E-state index contributed by atoms with van der Waals surface area (Å²) < 4.78 is 26.1. The van der Waals surface area contributed by atoms with Gasteiger partial charge < -0.3 is 5.32 Å². The summed E-state index contributed by atoms with van der Waals surface area (Å²) in [5.41, 5.74) is 1.90. The van der Waals surface area contributed by atoms with Crippen molar-refractivity contribution in [3.05, 3.63) is 52.0 Å². The van der Waals surface area contributed by atoms with Crippen molar-refractivity contribution in [1.29, 1.82) is 0 Å². The highest BCUT2D eigenvalue weighted by atomic mass is 32.1. The molecule has 0 saturated heterocycles. The van der Waals surface area contributed by atoms with Crippen LogP contribution < -0.4 is 5.32 Å². The molecule has 88 valence electrons. The molecule has 0 radical (unpaired) electrons. The van der Waals surface area contributed by atoms with E-state index in [-0.39, 0.29) is 17.8 Å². The maximum Gasteiger partial charge on any atom is 0.271 e. The highest BCUT2D eigenvalue weighted by molar-refractivity contribution is 7.07. The van der Waals surface area contributed by atoms with Crippen LogP contribution in [0.25, 0.3) is 0 Å². The Morgan fingerprint density at radius 3 is 2.94 bits per heavy atom. The third kappa shape index (κ3) is 2.85. The predicted molar refractivity (Wildman–Crippen MR) is 59.6 cm³/mol. The Morgan fingerprint density at radius 1 is 1.41 bits per heavy atom. The summed E-state index contributed by atoms with van der Waals surface area (Å²) in [6.45, 7) is -0.0695. The number of carbonyl (C=O) groups excluding carboxylic acids is 1. The molecular formula is C11H8F2N2OS. The third-order valence-electron chi connectivity index (χ3n) is 2.11. The van der Waals surface area contributed by atoms with Gasteiger partial charge in [-0.1, -0.05) is 0 Å². The molecule has 2 aromatic rings. The molecular weight excluding hydrogens is 246 g/mol. The Labute approximate surface area is 100 Å². The number of hydrogen-bond donors (Lipinski definition) is 1. The molecule has 1 aromatic heterocycles. The molecule has 6 heteroatoms. The minimum atomic E-state index is -0.551. The summed E-state index contributed by atoms with van der Waals surface area (Å²) in [6.07, 6.45) is 0. The van der Waals surface area contributed by atoms with Crippen LogP contribution in [0.2, 0.25) is 0 Å². The van der Waals surface area contributed by atoms with E-state index in [9.17, 15) is 13.6 Å². The molecule has 1 aromatic carbocycles. The number of amides is 1. The van der Waals surface area contributed by atoms with Crippen molar-refractivity contribution in [3.63, 3.8) is 0 Å². The van der Waals surface area contributed by atoms with Crippen molar-refractivity contribution in [2.45, 2.75) is 6.54 Å². The standard InChI is InChI=1S/C11H8F2N2OS/c12-8-1-2-9(13)7(3-8)4-14-11(16)10-5-17-6-15-10/h1-3,5-6H,4H2,(H,14,16). The molecule has 0 aliphatic heterocycles. The van der Waals surface area contributed by atoms with Crippen molar-refractivity contribution in [2.75, 3.05) is 0 Å². The molecule has 1 heterocycles. The van der Waals surface area contributed by atoms with E-state index < -0.39 is 17.5 Å². The Bertz CT molecular complexity index is 528. The zero-order valence-corrected chi connectivity index (χ0v) is 9.43. The number of carbonyl (C=O) groups is 1. The Kier molecular flexibility index (Phi) is 3.43. The SMILES string of the molecule is O=C(NCc1cc(F)ccc1F)c1cscn1. The molecule has 0 bridgehead atoms. The number of aromatic nitrogens is 1. The van der Waals surface area contributed by atoms with Gasteiger partial charge >= 0.3 is 0 Å². The van der Waals surface area contributed by atoms with Crippen molar-refractivity contribution in [3.8, 4) is 0 Å². The first-order valence-electron chi connectivity index (χ1n) is 4.77. The minimum Gasteiger partial charge on any atom is -0.346 e. The smallest absolute Gasteiger partial charge is 0.271 e. The van der Waals surface area contributed by atoms with Crippen LogP contribution in [0.4, 0.5) is 8.78 Å². The van der Waals surface area contributed by atoms with E-state index in [1.165, 1.54) is 16.8 Å². The number of nitrogens with zero attached hydrogens (tertiary/aromatic N) is 1. The normalized spacial score (nSPS) is 10.2. The van der Waals surface area contributed by atoms with Crippen LogP contribution in [0.3, 0.4) is 0 Å². The average Bonchev–Trinajstić information content (AvgIpc) is 2.83. The van der Waals surface area contributed by atoms with Gasteiger partial charge in [-0.05, 0) is 18.2 Å². The Hall–Kier alpha value is -1.82. The second-order valence-corrected chi connectivity index (χ2v) is 4.01. The van der Waals surface area contributed by atoms with Crippen molar-refractivity contribution in [2.24, 2.45) is 0 Å². The van der Waals surface area contributed by atoms with Gasteiger partial charge in [-0.25, -0.2) is 13.8 Å². The van der Waals surface area contributed by atoms with Gasteiger partial charge in [0.1, 0.15) is 17.3 Å². The summed E-state index contributed by atoms with van der Waals surface area (Å²) in [7, 11) is 0. The zero-order valence-electron chi connectivity index (χ0n) is 8.61. The van der Waals surface area contributed by atoms with Gasteiger partial charge in [-0.3, -0.25) is 4.79 Å². The van der Waals surface area contributed by atoms with E-state index in [1.54, 1.807) is 5.38 Å². The summed E-state index contributed by atoms with van der Waals surface area (Å²) in [4.78, 5) is 15.3. The highest BCUT2D eigenvalue weighted by Crippen LogP contribution is 2.09. The van der Waals surface area contributed by atoms with Gasteiger partial charge in [0.05, 0.1) is 5.51 Å². The fourth-order valence-electron chi connectivity index (χ4n) is 1.27. The lowest BCUT2D eigenvalue weighted by atomic mass is 10.2. The molecule has 0 aliphatic carbocycles.